The maximum absolute atomic E-state index is 4.01. The van der Waals surface area contributed by atoms with Gasteiger partial charge in [-0.2, -0.15) is 0 Å². The van der Waals surface area contributed by atoms with Gasteiger partial charge >= 0.3 is 0 Å². The zero-order valence-corrected chi connectivity index (χ0v) is 30.9. The summed E-state index contributed by atoms with van der Waals surface area (Å²) in [4.78, 5) is 2.63. The molecule has 1 saturated carbocycles. The summed E-state index contributed by atoms with van der Waals surface area (Å²) in [6.45, 7) is 2.02. The summed E-state index contributed by atoms with van der Waals surface area (Å²) < 4.78 is 0. The molecule has 0 amide bonds. The molecular formula is C50H51N3. The summed E-state index contributed by atoms with van der Waals surface area (Å²) >= 11 is 0. The molecule has 0 spiro atoms. The highest BCUT2D eigenvalue weighted by molar-refractivity contribution is 5.85. The van der Waals surface area contributed by atoms with E-state index in [4.69, 9.17) is 0 Å². The largest absolute Gasteiger partial charge is 0.363 e. The van der Waals surface area contributed by atoms with Gasteiger partial charge in [-0.1, -0.05) is 120 Å². The molecule has 266 valence electrons. The summed E-state index contributed by atoms with van der Waals surface area (Å²) in [5.41, 5.74) is 18.6. The minimum absolute atomic E-state index is 0.383. The van der Waals surface area contributed by atoms with Crippen LogP contribution in [0.15, 0.2) is 165 Å². The van der Waals surface area contributed by atoms with Gasteiger partial charge in [-0.05, 0) is 126 Å². The van der Waals surface area contributed by atoms with E-state index in [1.165, 1.54) is 58.7 Å². The first-order valence-electron chi connectivity index (χ1n) is 20.8. The highest BCUT2D eigenvalue weighted by Crippen LogP contribution is 2.62. The molecule has 0 radical (unpaired) electrons. The summed E-state index contributed by atoms with van der Waals surface area (Å²) in [6, 6.07) is 9.41. The Balaban J connectivity index is 1.01. The summed E-state index contributed by atoms with van der Waals surface area (Å²) in [5.74, 6) is 1.58. The van der Waals surface area contributed by atoms with E-state index in [0.29, 0.717) is 29.8 Å². The van der Waals surface area contributed by atoms with Crippen LogP contribution in [-0.2, 0) is 0 Å². The Kier molecular flexibility index (Phi) is 7.86. The normalized spacial score (nSPS) is 31.2. The highest BCUT2D eigenvalue weighted by Gasteiger charge is 2.52. The van der Waals surface area contributed by atoms with Crippen molar-refractivity contribution >= 4 is 11.1 Å². The van der Waals surface area contributed by atoms with Crippen LogP contribution in [0.5, 0.6) is 0 Å². The third-order valence-electron chi connectivity index (χ3n) is 13.9. The number of allylic oxidation sites excluding steroid dienone is 22. The third kappa shape index (κ3) is 5.10. The molecule has 1 saturated heterocycles. The van der Waals surface area contributed by atoms with Crippen molar-refractivity contribution in [1.82, 2.24) is 15.5 Å². The number of rotatable bonds is 5. The average Bonchev–Trinajstić information content (AvgIpc) is 3.78. The quantitative estimate of drug-likeness (QED) is 0.323. The Morgan fingerprint density at radius 2 is 1.34 bits per heavy atom. The van der Waals surface area contributed by atoms with Crippen molar-refractivity contribution in [1.29, 1.82) is 0 Å². The lowest BCUT2D eigenvalue weighted by molar-refractivity contribution is 0.192. The first kappa shape index (κ1) is 31.9. The molecule has 3 heteroatoms. The van der Waals surface area contributed by atoms with Crippen molar-refractivity contribution in [2.24, 2.45) is 23.7 Å². The predicted octanol–water partition coefficient (Wildman–Crippen LogP) is 8.94. The molecule has 2 N–H and O–H groups in total. The molecule has 5 unspecified atom stereocenters. The third-order valence-corrected chi connectivity index (χ3v) is 13.9. The second kappa shape index (κ2) is 13.1. The fraction of sp³-hybridized carbons (Fsp3) is 0.360. The van der Waals surface area contributed by atoms with Gasteiger partial charge in [0, 0.05) is 30.2 Å². The second-order valence-electron chi connectivity index (χ2n) is 16.6. The number of nitrogens with zero attached hydrogens (tertiary/aromatic N) is 1. The van der Waals surface area contributed by atoms with Crippen molar-refractivity contribution in [3.8, 4) is 0 Å². The molecule has 2 aliphatic heterocycles. The van der Waals surface area contributed by atoms with Crippen LogP contribution >= 0.6 is 0 Å². The van der Waals surface area contributed by atoms with Gasteiger partial charge in [0.2, 0.25) is 0 Å². The molecule has 53 heavy (non-hydrogen) atoms. The molecule has 2 heterocycles. The van der Waals surface area contributed by atoms with Crippen molar-refractivity contribution < 1.29 is 0 Å². The number of hydrogen-bond acceptors (Lipinski definition) is 3. The van der Waals surface area contributed by atoms with Crippen LogP contribution in [0, 0.1) is 23.7 Å². The topological polar surface area (TPSA) is 27.3 Å². The molecule has 5 atom stereocenters. The first-order valence-corrected chi connectivity index (χ1v) is 20.8. The summed E-state index contributed by atoms with van der Waals surface area (Å²) in [6.07, 6.45) is 47.6. The smallest absolute Gasteiger partial charge is 0.101 e. The molecular weight excluding hydrogens is 643 g/mol. The van der Waals surface area contributed by atoms with Crippen LogP contribution in [0.2, 0.25) is 0 Å². The monoisotopic (exact) mass is 693 g/mol. The Bertz CT molecular complexity index is 2300. The first-order chi connectivity index (χ1) is 26.3. The average molecular weight is 694 g/mol. The van der Waals surface area contributed by atoms with E-state index in [1.807, 2.05) is 0 Å². The fourth-order valence-electron chi connectivity index (χ4n) is 11.6. The van der Waals surface area contributed by atoms with E-state index in [2.05, 4.69) is 125 Å². The molecule has 3 nitrogen and oxygen atoms in total. The highest BCUT2D eigenvalue weighted by atomic mass is 15.4. The fourth-order valence-corrected chi connectivity index (χ4v) is 11.6. The van der Waals surface area contributed by atoms with Crippen molar-refractivity contribution in [2.75, 3.05) is 13.2 Å². The number of fused-ring (bicyclic) bond motifs is 5. The van der Waals surface area contributed by atoms with Gasteiger partial charge < -0.3 is 10.2 Å². The molecule has 0 bridgehead atoms. The van der Waals surface area contributed by atoms with Crippen molar-refractivity contribution in [2.45, 2.75) is 76.8 Å². The molecule has 2 fully saturated rings. The summed E-state index contributed by atoms with van der Waals surface area (Å²) in [5, 5.41) is 10.6. The van der Waals surface area contributed by atoms with Crippen molar-refractivity contribution in [3.63, 3.8) is 0 Å². The molecule has 1 aromatic rings. The number of nitrogens with one attached hydrogen (secondary N) is 2. The number of hydrogen-bond donors (Lipinski definition) is 2. The lowest BCUT2D eigenvalue weighted by Gasteiger charge is -2.36. The van der Waals surface area contributed by atoms with Gasteiger partial charge in [0.25, 0.3) is 0 Å². The Morgan fingerprint density at radius 3 is 2.02 bits per heavy atom. The molecule has 0 aromatic heterocycles. The van der Waals surface area contributed by atoms with Crippen LogP contribution in [-0.4, -0.2) is 24.3 Å². The predicted molar refractivity (Wildman–Crippen MR) is 218 cm³/mol. The molecule has 10 aliphatic rings. The Hall–Kier alpha value is -4.60. The molecule has 8 aliphatic carbocycles. The van der Waals surface area contributed by atoms with Crippen LogP contribution in [0.3, 0.4) is 0 Å². The van der Waals surface area contributed by atoms with E-state index < -0.39 is 0 Å². The maximum Gasteiger partial charge on any atom is 0.101 e. The minimum Gasteiger partial charge on any atom is -0.363 e. The zero-order chi connectivity index (χ0) is 34.9. The van der Waals surface area contributed by atoms with Gasteiger partial charge in [-0.3, -0.25) is 5.32 Å². The summed E-state index contributed by atoms with van der Waals surface area (Å²) in [7, 11) is 0. The van der Waals surface area contributed by atoms with E-state index in [9.17, 15) is 0 Å². The van der Waals surface area contributed by atoms with Gasteiger partial charge in [-0.25, -0.2) is 0 Å². The molecule has 11 rings (SSSR count). The van der Waals surface area contributed by atoms with Crippen LogP contribution in [0.25, 0.3) is 11.1 Å². The molecule has 1 aromatic carbocycles. The van der Waals surface area contributed by atoms with E-state index in [0.717, 1.165) is 58.2 Å². The van der Waals surface area contributed by atoms with Crippen molar-refractivity contribution in [3.05, 3.63) is 176 Å². The SMILES string of the molecule is C1=CCCC(C2=c3ccccc3=C(C3=CC=CCC3)C3C4=CC=C(C5=CC=C(C6=C(C7=CCCCC7)NC7CCNCN67)CC5)C5C=CC=C(C45)C23)=C1. The van der Waals surface area contributed by atoms with E-state index >= 15 is 0 Å². The van der Waals surface area contributed by atoms with Crippen LogP contribution in [0.1, 0.15) is 70.6 Å². The van der Waals surface area contributed by atoms with Gasteiger partial charge in [0.1, 0.15) is 6.17 Å². The maximum atomic E-state index is 4.01. The van der Waals surface area contributed by atoms with Gasteiger partial charge in [0.15, 0.2) is 0 Å². The second-order valence-corrected chi connectivity index (χ2v) is 16.6. The zero-order valence-electron chi connectivity index (χ0n) is 30.9. The van der Waals surface area contributed by atoms with Crippen LogP contribution in [0.4, 0.5) is 0 Å². The van der Waals surface area contributed by atoms with Crippen LogP contribution < -0.4 is 21.1 Å². The lowest BCUT2D eigenvalue weighted by Crippen LogP contribution is -2.49. The number of benzene rings is 1. The van der Waals surface area contributed by atoms with E-state index in [-0.39, 0.29) is 0 Å². The Labute approximate surface area is 315 Å². The van der Waals surface area contributed by atoms with Gasteiger partial charge in [0.05, 0.1) is 18.1 Å². The standard InChI is InChI=1S/C50H51N3/c1-4-13-33(14-5-1)44-39-19-10-11-20-40(39)45(34-15-6-2-7-16-34)48-42-28-27-37(38-21-12-22-41(46(38)42)47(44)48)32-23-25-36(26-24-32)50-49(35-17-8-3-9-18-35)52-43-29-30-51-31-53(43)50/h1-2,4,6,10-13,15,17,19-23,25,27-28,38,43,46-48,51-52H,3,5,7-9,14,16,18,24,26,29-31H2. The minimum atomic E-state index is 0.383. The van der Waals surface area contributed by atoms with Gasteiger partial charge in [-0.15, -0.1) is 0 Å². The lowest BCUT2D eigenvalue weighted by atomic mass is 9.69. The Morgan fingerprint density at radius 1 is 0.604 bits per heavy atom. The van der Waals surface area contributed by atoms with E-state index in [1.54, 1.807) is 44.6 Å².